The van der Waals surface area contributed by atoms with Crippen LogP contribution in [0, 0.1) is 5.82 Å². The SMILES string of the molecule is O=C(N[C@@H]1CC[C@@H](Oc2ccccc2)[C@@H](O)[C@@H]1O)c1ccccc1F. The molecule has 0 aromatic heterocycles. The first kappa shape index (κ1) is 17.4. The maximum atomic E-state index is 13.7. The molecule has 0 spiro atoms. The van der Waals surface area contributed by atoms with Gasteiger partial charge >= 0.3 is 0 Å². The van der Waals surface area contributed by atoms with Crippen molar-refractivity contribution >= 4 is 5.91 Å². The first-order valence-electron chi connectivity index (χ1n) is 8.19. The molecule has 0 unspecified atom stereocenters. The van der Waals surface area contributed by atoms with Gasteiger partial charge in [-0.3, -0.25) is 4.79 Å². The van der Waals surface area contributed by atoms with Crippen LogP contribution in [0.5, 0.6) is 5.75 Å². The maximum absolute atomic E-state index is 13.7. The standard InChI is InChI=1S/C19H20FNO4/c20-14-9-5-4-8-13(14)19(24)21-15-10-11-16(18(23)17(15)22)25-12-6-2-1-3-7-12/h1-9,15-18,22-23H,10-11H2,(H,21,24)/t15-,16-,17-,18-/m1/s1. The zero-order chi connectivity index (χ0) is 17.8. The summed E-state index contributed by atoms with van der Waals surface area (Å²) in [7, 11) is 0. The third-order valence-corrected chi connectivity index (χ3v) is 4.37. The molecule has 0 radical (unpaired) electrons. The summed E-state index contributed by atoms with van der Waals surface area (Å²) < 4.78 is 19.4. The fourth-order valence-electron chi connectivity index (χ4n) is 2.99. The van der Waals surface area contributed by atoms with Gasteiger partial charge in [0.25, 0.3) is 5.91 Å². The zero-order valence-corrected chi connectivity index (χ0v) is 13.5. The lowest BCUT2D eigenvalue weighted by Crippen LogP contribution is -2.57. The summed E-state index contributed by atoms with van der Waals surface area (Å²) in [5.74, 6) is -0.638. The number of ether oxygens (including phenoxy) is 1. The smallest absolute Gasteiger partial charge is 0.254 e. The minimum absolute atomic E-state index is 0.0909. The molecule has 1 aliphatic carbocycles. The maximum Gasteiger partial charge on any atom is 0.254 e. The number of para-hydroxylation sites is 1. The number of amides is 1. The molecule has 2 aromatic rings. The minimum Gasteiger partial charge on any atom is -0.488 e. The van der Waals surface area contributed by atoms with Gasteiger partial charge < -0.3 is 20.3 Å². The summed E-state index contributed by atoms with van der Waals surface area (Å²) in [6.07, 6.45) is -2.05. The largest absolute Gasteiger partial charge is 0.488 e. The molecule has 6 heteroatoms. The summed E-state index contributed by atoms with van der Waals surface area (Å²) >= 11 is 0. The Morgan fingerprint density at radius 3 is 2.40 bits per heavy atom. The average Bonchev–Trinajstić information content (AvgIpc) is 2.62. The van der Waals surface area contributed by atoms with Crippen LogP contribution in [0.2, 0.25) is 0 Å². The van der Waals surface area contributed by atoms with E-state index in [-0.39, 0.29) is 5.56 Å². The van der Waals surface area contributed by atoms with E-state index in [0.717, 1.165) is 0 Å². The minimum atomic E-state index is -1.20. The van der Waals surface area contributed by atoms with Crippen molar-refractivity contribution in [3.05, 3.63) is 66.0 Å². The Hall–Kier alpha value is -2.44. The van der Waals surface area contributed by atoms with Gasteiger partial charge in [-0.1, -0.05) is 30.3 Å². The van der Waals surface area contributed by atoms with Crippen LogP contribution in [0.1, 0.15) is 23.2 Å². The molecule has 0 heterocycles. The van der Waals surface area contributed by atoms with Gasteiger partial charge in [0.2, 0.25) is 0 Å². The summed E-state index contributed by atoms with van der Waals surface area (Å²) in [6, 6.07) is 14.0. The number of aliphatic hydroxyl groups is 2. The van der Waals surface area contributed by atoms with Crippen molar-refractivity contribution in [3.8, 4) is 5.75 Å². The van der Waals surface area contributed by atoms with Gasteiger partial charge in [0.1, 0.15) is 29.9 Å². The Morgan fingerprint density at radius 1 is 1.00 bits per heavy atom. The summed E-state index contributed by atoms with van der Waals surface area (Å²) in [6.45, 7) is 0. The van der Waals surface area contributed by atoms with E-state index < -0.39 is 36.1 Å². The second-order valence-electron chi connectivity index (χ2n) is 6.09. The molecule has 0 aliphatic heterocycles. The van der Waals surface area contributed by atoms with Crippen LogP contribution < -0.4 is 10.1 Å². The topological polar surface area (TPSA) is 78.8 Å². The highest BCUT2D eigenvalue weighted by atomic mass is 19.1. The summed E-state index contributed by atoms with van der Waals surface area (Å²) in [4.78, 5) is 12.2. The Bertz CT molecular complexity index is 724. The van der Waals surface area contributed by atoms with Gasteiger partial charge in [0, 0.05) is 0 Å². The number of hydrogen-bond donors (Lipinski definition) is 3. The number of rotatable bonds is 4. The van der Waals surface area contributed by atoms with E-state index in [4.69, 9.17) is 4.74 Å². The highest BCUT2D eigenvalue weighted by Crippen LogP contribution is 2.25. The van der Waals surface area contributed by atoms with E-state index >= 15 is 0 Å². The number of nitrogens with one attached hydrogen (secondary N) is 1. The molecule has 2 aromatic carbocycles. The molecule has 1 amide bonds. The van der Waals surface area contributed by atoms with E-state index in [9.17, 15) is 19.4 Å². The van der Waals surface area contributed by atoms with Crippen LogP contribution in [0.4, 0.5) is 4.39 Å². The third-order valence-electron chi connectivity index (χ3n) is 4.37. The highest BCUT2D eigenvalue weighted by Gasteiger charge is 2.39. The molecule has 3 rings (SSSR count). The van der Waals surface area contributed by atoms with Gasteiger partial charge in [-0.2, -0.15) is 0 Å². The predicted molar refractivity (Wildman–Crippen MR) is 89.8 cm³/mol. The zero-order valence-electron chi connectivity index (χ0n) is 13.5. The molecule has 5 nitrogen and oxygen atoms in total. The molecule has 4 atom stereocenters. The molecular weight excluding hydrogens is 325 g/mol. The van der Waals surface area contributed by atoms with Crippen molar-refractivity contribution in [2.24, 2.45) is 0 Å². The molecule has 25 heavy (non-hydrogen) atoms. The van der Waals surface area contributed by atoms with Crippen molar-refractivity contribution in [2.45, 2.75) is 37.2 Å². The lowest BCUT2D eigenvalue weighted by molar-refractivity contribution is -0.0874. The molecule has 1 fully saturated rings. The van der Waals surface area contributed by atoms with Crippen molar-refractivity contribution in [1.82, 2.24) is 5.32 Å². The second-order valence-corrected chi connectivity index (χ2v) is 6.09. The van der Waals surface area contributed by atoms with Gasteiger partial charge in [-0.15, -0.1) is 0 Å². The molecule has 3 N–H and O–H groups in total. The van der Waals surface area contributed by atoms with E-state index in [0.29, 0.717) is 18.6 Å². The van der Waals surface area contributed by atoms with E-state index in [1.807, 2.05) is 18.2 Å². The van der Waals surface area contributed by atoms with Crippen LogP contribution >= 0.6 is 0 Å². The predicted octanol–water partition coefficient (Wildman–Crippen LogP) is 1.89. The molecule has 0 bridgehead atoms. The van der Waals surface area contributed by atoms with Crippen LogP contribution in [-0.2, 0) is 0 Å². The molecule has 132 valence electrons. The number of benzene rings is 2. The molecule has 1 saturated carbocycles. The number of carbonyl (C=O) groups excluding carboxylic acids is 1. The second kappa shape index (κ2) is 7.63. The van der Waals surface area contributed by atoms with Gasteiger partial charge in [-0.25, -0.2) is 4.39 Å². The van der Waals surface area contributed by atoms with Gasteiger partial charge in [0.15, 0.2) is 0 Å². The van der Waals surface area contributed by atoms with Crippen molar-refractivity contribution in [1.29, 1.82) is 0 Å². The quantitative estimate of drug-likeness (QED) is 0.791. The van der Waals surface area contributed by atoms with Crippen LogP contribution in [0.3, 0.4) is 0 Å². The normalized spacial score (nSPS) is 26.0. The van der Waals surface area contributed by atoms with Crippen LogP contribution in [0.25, 0.3) is 0 Å². The number of aliphatic hydroxyl groups excluding tert-OH is 2. The summed E-state index contributed by atoms with van der Waals surface area (Å²) in [5.41, 5.74) is -0.0909. The lowest BCUT2D eigenvalue weighted by atomic mass is 9.87. The lowest BCUT2D eigenvalue weighted by Gasteiger charge is -2.37. The molecular formula is C19H20FNO4. The highest BCUT2D eigenvalue weighted by molar-refractivity contribution is 5.94. The van der Waals surface area contributed by atoms with Crippen molar-refractivity contribution in [2.75, 3.05) is 0 Å². The van der Waals surface area contributed by atoms with Crippen LogP contribution in [-0.4, -0.2) is 40.5 Å². The van der Waals surface area contributed by atoms with E-state index in [2.05, 4.69) is 5.32 Å². The first-order valence-corrected chi connectivity index (χ1v) is 8.19. The Kier molecular flexibility index (Phi) is 5.31. The van der Waals surface area contributed by atoms with E-state index in [1.165, 1.54) is 18.2 Å². The molecule has 1 aliphatic rings. The summed E-state index contributed by atoms with van der Waals surface area (Å²) in [5, 5.41) is 23.2. The third kappa shape index (κ3) is 3.97. The first-order chi connectivity index (χ1) is 12.1. The Balaban J connectivity index is 1.62. The number of hydrogen-bond acceptors (Lipinski definition) is 4. The fourth-order valence-corrected chi connectivity index (χ4v) is 2.99. The fraction of sp³-hybridized carbons (Fsp3) is 0.316. The van der Waals surface area contributed by atoms with E-state index in [1.54, 1.807) is 18.2 Å². The van der Waals surface area contributed by atoms with Crippen molar-refractivity contribution < 1.29 is 24.1 Å². The average molecular weight is 345 g/mol. The van der Waals surface area contributed by atoms with Crippen molar-refractivity contribution in [3.63, 3.8) is 0 Å². The molecule has 0 saturated heterocycles. The monoisotopic (exact) mass is 345 g/mol. The van der Waals surface area contributed by atoms with Gasteiger partial charge in [0.05, 0.1) is 11.6 Å². The van der Waals surface area contributed by atoms with Gasteiger partial charge in [-0.05, 0) is 37.1 Å². The number of halogens is 1. The Morgan fingerprint density at radius 2 is 1.68 bits per heavy atom. The van der Waals surface area contributed by atoms with Crippen LogP contribution in [0.15, 0.2) is 54.6 Å². The number of carbonyl (C=O) groups is 1. The Labute approximate surface area is 145 Å².